The standard InChI is InChI=1S/C15H16O3/c1-3-14(15(16)17)12-5-4-11-9-13(18-2)7-6-10(11)8-12/h4-9,14H,3H2,1-2H3,(H,16,17)/p-1. The largest absolute Gasteiger partial charge is 0.549 e. The minimum atomic E-state index is -1.02. The fourth-order valence-corrected chi connectivity index (χ4v) is 2.12. The summed E-state index contributed by atoms with van der Waals surface area (Å²) in [5, 5.41) is 13.1. The molecule has 0 radical (unpaired) electrons. The van der Waals surface area contributed by atoms with Crippen molar-refractivity contribution in [2.45, 2.75) is 19.3 Å². The van der Waals surface area contributed by atoms with Crippen LogP contribution in [0.2, 0.25) is 0 Å². The first-order chi connectivity index (χ1) is 8.65. The highest BCUT2D eigenvalue weighted by atomic mass is 16.5. The molecule has 0 aliphatic rings. The van der Waals surface area contributed by atoms with Crippen LogP contribution in [0.3, 0.4) is 0 Å². The third kappa shape index (κ3) is 2.30. The molecule has 3 nitrogen and oxygen atoms in total. The molecule has 0 aromatic heterocycles. The van der Waals surface area contributed by atoms with E-state index in [-0.39, 0.29) is 0 Å². The van der Waals surface area contributed by atoms with Gasteiger partial charge in [0.05, 0.1) is 7.11 Å². The van der Waals surface area contributed by atoms with Crippen LogP contribution in [0, 0.1) is 0 Å². The van der Waals surface area contributed by atoms with Gasteiger partial charge in [0, 0.05) is 11.9 Å². The molecule has 0 heterocycles. The molecule has 2 aromatic rings. The van der Waals surface area contributed by atoms with Crippen molar-refractivity contribution in [1.29, 1.82) is 0 Å². The summed E-state index contributed by atoms with van der Waals surface area (Å²) in [6.45, 7) is 1.85. The van der Waals surface area contributed by atoms with Gasteiger partial charge in [-0.3, -0.25) is 0 Å². The Morgan fingerprint density at radius 3 is 2.50 bits per heavy atom. The van der Waals surface area contributed by atoms with E-state index in [1.165, 1.54) is 0 Å². The van der Waals surface area contributed by atoms with Crippen LogP contribution in [-0.4, -0.2) is 13.1 Å². The van der Waals surface area contributed by atoms with Crippen molar-refractivity contribution in [3.63, 3.8) is 0 Å². The third-order valence-corrected chi connectivity index (χ3v) is 3.17. The van der Waals surface area contributed by atoms with Gasteiger partial charge < -0.3 is 14.6 Å². The Kier molecular flexibility index (Phi) is 3.51. The normalized spacial score (nSPS) is 12.3. The van der Waals surface area contributed by atoms with E-state index >= 15 is 0 Å². The van der Waals surface area contributed by atoms with Crippen LogP contribution >= 0.6 is 0 Å². The lowest BCUT2D eigenvalue weighted by molar-refractivity contribution is -0.308. The molecule has 0 aliphatic heterocycles. The first kappa shape index (κ1) is 12.4. The molecule has 18 heavy (non-hydrogen) atoms. The zero-order valence-corrected chi connectivity index (χ0v) is 10.5. The summed E-state index contributed by atoms with van der Waals surface area (Å²) in [6, 6.07) is 11.4. The van der Waals surface area contributed by atoms with E-state index in [1.807, 2.05) is 43.3 Å². The SMILES string of the molecule is CCC(C(=O)[O-])c1ccc2cc(OC)ccc2c1. The summed E-state index contributed by atoms with van der Waals surface area (Å²) in [4.78, 5) is 11.0. The predicted molar refractivity (Wildman–Crippen MR) is 68.5 cm³/mol. The summed E-state index contributed by atoms with van der Waals surface area (Å²) >= 11 is 0. The van der Waals surface area contributed by atoms with Crippen molar-refractivity contribution in [3.05, 3.63) is 42.0 Å². The predicted octanol–water partition coefficient (Wildman–Crippen LogP) is 2.09. The fourth-order valence-electron chi connectivity index (χ4n) is 2.12. The van der Waals surface area contributed by atoms with Crippen molar-refractivity contribution in [2.24, 2.45) is 0 Å². The maximum atomic E-state index is 11.0. The van der Waals surface area contributed by atoms with Gasteiger partial charge in [0.2, 0.25) is 0 Å². The number of carboxylic acid groups (broad SMARTS) is 1. The third-order valence-electron chi connectivity index (χ3n) is 3.17. The molecule has 0 amide bonds. The fraction of sp³-hybridized carbons (Fsp3) is 0.267. The van der Waals surface area contributed by atoms with E-state index in [0.717, 1.165) is 22.1 Å². The minimum Gasteiger partial charge on any atom is -0.549 e. The first-order valence-electron chi connectivity index (χ1n) is 5.94. The molecular formula is C15H15O3-. The molecule has 2 aromatic carbocycles. The molecule has 3 heteroatoms. The van der Waals surface area contributed by atoms with Crippen molar-refractivity contribution in [2.75, 3.05) is 7.11 Å². The summed E-state index contributed by atoms with van der Waals surface area (Å²) in [6.07, 6.45) is 0.532. The smallest absolute Gasteiger partial charge is 0.119 e. The molecule has 0 bridgehead atoms. The quantitative estimate of drug-likeness (QED) is 0.826. The number of methoxy groups -OCH3 is 1. The van der Waals surface area contributed by atoms with E-state index in [4.69, 9.17) is 4.74 Å². The van der Waals surface area contributed by atoms with Crippen LogP contribution in [0.5, 0.6) is 5.75 Å². The van der Waals surface area contributed by atoms with Gasteiger partial charge in [0.25, 0.3) is 0 Å². The molecule has 2 rings (SSSR count). The second-order valence-corrected chi connectivity index (χ2v) is 4.25. The molecule has 1 atom stereocenters. The van der Waals surface area contributed by atoms with Gasteiger partial charge in [-0.05, 0) is 34.9 Å². The first-order valence-corrected chi connectivity index (χ1v) is 5.94. The van der Waals surface area contributed by atoms with Crippen LogP contribution in [0.25, 0.3) is 10.8 Å². The Bertz CT molecular complexity index is 575. The van der Waals surface area contributed by atoms with Gasteiger partial charge in [-0.15, -0.1) is 0 Å². The van der Waals surface area contributed by atoms with E-state index < -0.39 is 11.9 Å². The number of carboxylic acids is 1. The number of carbonyl (C=O) groups excluding carboxylic acids is 1. The average Bonchev–Trinajstić information content (AvgIpc) is 2.38. The maximum absolute atomic E-state index is 11.0. The molecule has 0 N–H and O–H groups in total. The van der Waals surface area contributed by atoms with Gasteiger partial charge >= 0.3 is 0 Å². The Hall–Kier alpha value is -2.03. The van der Waals surface area contributed by atoms with Crippen LogP contribution < -0.4 is 9.84 Å². The van der Waals surface area contributed by atoms with Crippen LogP contribution in [0.1, 0.15) is 24.8 Å². The molecule has 1 unspecified atom stereocenters. The molecule has 0 saturated carbocycles. The van der Waals surface area contributed by atoms with E-state index in [9.17, 15) is 9.90 Å². The highest BCUT2D eigenvalue weighted by Gasteiger charge is 2.10. The molecule has 94 valence electrons. The molecule has 0 saturated heterocycles. The highest BCUT2D eigenvalue weighted by Crippen LogP contribution is 2.26. The molecule has 0 fully saturated rings. The minimum absolute atomic E-state index is 0.532. The monoisotopic (exact) mass is 243 g/mol. The highest BCUT2D eigenvalue weighted by molar-refractivity contribution is 5.86. The van der Waals surface area contributed by atoms with E-state index in [2.05, 4.69) is 0 Å². The number of hydrogen-bond donors (Lipinski definition) is 0. The van der Waals surface area contributed by atoms with Crippen LogP contribution in [0.15, 0.2) is 36.4 Å². The van der Waals surface area contributed by atoms with Gasteiger partial charge in [-0.25, -0.2) is 0 Å². The number of carbonyl (C=O) groups is 1. The summed E-state index contributed by atoms with van der Waals surface area (Å²) in [7, 11) is 1.62. The van der Waals surface area contributed by atoms with E-state index in [0.29, 0.717) is 6.42 Å². The van der Waals surface area contributed by atoms with Gasteiger partial charge in [-0.1, -0.05) is 31.2 Å². The number of rotatable bonds is 4. The zero-order chi connectivity index (χ0) is 13.1. The lowest BCUT2D eigenvalue weighted by Gasteiger charge is -2.17. The Morgan fingerprint density at radius 1 is 1.22 bits per heavy atom. The van der Waals surface area contributed by atoms with E-state index in [1.54, 1.807) is 7.11 Å². The maximum Gasteiger partial charge on any atom is 0.119 e. The number of fused-ring (bicyclic) bond motifs is 1. The summed E-state index contributed by atoms with van der Waals surface area (Å²) < 4.78 is 5.16. The number of ether oxygens (including phenoxy) is 1. The lowest BCUT2D eigenvalue weighted by atomic mass is 9.94. The second-order valence-electron chi connectivity index (χ2n) is 4.25. The Morgan fingerprint density at radius 2 is 1.89 bits per heavy atom. The van der Waals surface area contributed by atoms with Crippen molar-refractivity contribution >= 4 is 16.7 Å². The van der Waals surface area contributed by atoms with Crippen molar-refractivity contribution in [1.82, 2.24) is 0 Å². The lowest BCUT2D eigenvalue weighted by Crippen LogP contribution is -2.29. The van der Waals surface area contributed by atoms with Crippen LogP contribution in [0.4, 0.5) is 0 Å². The van der Waals surface area contributed by atoms with Crippen molar-refractivity contribution < 1.29 is 14.6 Å². The molecular weight excluding hydrogens is 228 g/mol. The van der Waals surface area contributed by atoms with Gasteiger partial charge in [0.1, 0.15) is 5.75 Å². The number of benzene rings is 2. The molecule has 0 aliphatic carbocycles. The second kappa shape index (κ2) is 5.08. The number of aliphatic carboxylic acids is 1. The Balaban J connectivity index is 2.47. The van der Waals surface area contributed by atoms with Crippen molar-refractivity contribution in [3.8, 4) is 5.75 Å². The summed E-state index contributed by atoms with van der Waals surface area (Å²) in [5.74, 6) is -0.774. The number of hydrogen-bond acceptors (Lipinski definition) is 3. The zero-order valence-electron chi connectivity index (χ0n) is 10.5. The summed E-state index contributed by atoms with van der Waals surface area (Å²) in [5.41, 5.74) is 0.787. The topological polar surface area (TPSA) is 49.4 Å². The van der Waals surface area contributed by atoms with Crippen LogP contribution in [-0.2, 0) is 4.79 Å². The average molecular weight is 243 g/mol. The Labute approximate surface area is 106 Å². The van der Waals surface area contributed by atoms with Gasteiger partial charge in [-0.2, -0.15) is 0 Å². The van der Waals surface area contributed by atoms with Gasteiger partial charge in [0.15, 0.2) is 0 Å². The molecule has 0 spiro atoms.